The molecule has 118 valence electrons. The van der Waals surface area contributed by atoms with Crippen LogP contribution < -0.4 is 4.90 Å². The molecule has 3 heterocycles. The standard InChI is InChI=1S/C14H19N5O2S/c1-22(20,21)18-8-6-17(7-9-18)14-13-10-12(11-2-3-11)16-19(13)5-4-15-14/h4-5,10-11H,2-3,6-9H2,1H3. The Kier molecular flexibility index (Phi) is 3.12. The highest BCUT2D eigenvalue weighted by Gasteiger charge is 2.28. The molecule has 1 aliphatic heterocycles. The van der Waals surface area contributed by atoms with E-state index in [1.165, 1.54) is 23.4 Å². The van der Waals surface area contributed by atoms with Crippen LogP contribution in [0.1, 0.15) is 24.5 Å². The third kappa shape index (κ3) is 2.46. The maximum atomic E-state index is 11.6. The Hall–Kier alpha value is -1.67. The van der Waals surface area contributed by atoms with E-state index in [0.29, 0.717) is 32.1 Å². The average Bonchev–Trinajstić information content (AvgIpc) is 3.25. The van der Waals surface area contributed by atoms with Crippen molar-refractivity contribution in [3.05, 3.63) is 24.2 Å². The van der Waals surface area contributed by atoms with Crippen molar-refractivity contribution in [3.8, 4) is 0 Å². The van der Waals surface area contributed by atoms with Gasteiger partial charge < -0.3 is 4.90 Å². The van der Waals surface area contributed by atoms with Crippen molar-refractivity contribution in [2.45, 2.75) is 18.8 Å². The summed E-state index contributed by atoms with van der Waals surface area (Å²) < 4.78 is 26.6. The smallest absolute Gasteiger partial charge is 0.211 e. The molecule has 2 fully saturated rings. The first kappa shape index (κ1) is 14.0. The summed E-state index contributed by atoms with van der Waals surface area (Å²) >= 11 is 0. The van der Waals surface area contributed by atoms with E-state index in [4.69, 9.17) is 0 Å². The van der Waals surface area contributed by atoms with Gasteiger partial charge in [-0.05, 0) is 18.9 Å². The number of anilines is 1. The normalized spacial score (nSPS) is 20.7. The summed E-state index contributed by atoms with van der Waals surface area (Å²) in [5, 5.41) is 4.63. The monoisotopic (exact) mass is 321 g/mol. The van der Waals surface area contributed by atoms with Crippen LogP contribution in [0.15, 0.2) is 18.5 Å². The van der Waals surface area contributed by atoms with Crippen LogP contribution in [0.5, 0.6) is 0 Å². The molecule has 8 heteroatoms. The van der Waals surface area contributed by atoms with Crippen molar-refractivity contribution in [1.82, 2.24) is 18.9 Å². The molecule has 0 radical (unpaired) electrons. The van der Waals surface area contributed by atoms with Crippen LogP contribution >= 0.6 is 0 Å². The van der Waals surface area contributed by atoms with Crippen LogP contribution in [0, 0.1) is 0 Å². The zero-order valence-corrected chi connectivity index (χ0v) is 13.3. The van der Waals surface area contributed by atoms with Gasteiger partial charge in [0.15, 0.2) is 5.82 Å². The third-order valence-electron chi connectivity index (χ3n) is 4.39. The molecule has 0 spiro atoms. The van der Waals surface area contributed by atoms with Gasteiger partial charge in [0.25, 0.3) is 0 Å². The number of sulfonamides is 1. The van der Waals surface area contributed by atoms with Crippen molar-refractivity contribution in [2.24, 2.45) is 0 Å². The van der Waals surface area contributed by atoms with Gasteiger partial charge >= 0.3 is 0 Å². The summed E-state index contributed by atoms with van der Waals surface area (Å²) in [6.45, 7) is 2.32. The molecule has 1 saturated carbocycles. The van der Waals surface area contributed by atoms with E-state index in [0.717, 1.165) is 17.0 Å². The van der Waals surface area contributed by atoms with Crippen molar-refractivity contribution in [2.75, 3.05) is 37.3 Å². The molecule has 0 aromatic carbocycles. The number of fused-ring (bicyclic) bond motifs is 1. The fraction of sp³-hybridized carbons (Fsp3) is 0.571. The van der Waals surface area contributed by atoms with E-state index in [1.807, 2.05) is 10.7 Å². The zero-order chi connectivity index (χ0) is 15.3. The Morgan fingerprint density at radius 2 is 1.91 bits per heavy atom. The van der Waals surface area contributed by atoms with E-state index in [-0.39, 0.29) is 0 Å². The quantitative estimate of drug-likeness (QED) is 0.832. The molecule has 0 unspecified atom stereocenters. The maximum absolute atomic E-state index is 11.6. The number of aromatic nitrogens is 3. The molecule has 1 aliphatic carbocycles. The Morgan fingerprint density at radius 1 is 1.18 bits per heavy atom. The lowest BCUT2D eigenvalue weighted by Gasteiger charge is -2.34. The largest absolute Gasteiger partial charge is 0.352 e. The Morgan fingerprint density at radius 3 is 2.55 bits per heavy atom. The predicted molar refractivity (Wildman–Crippen MR) is 83.6 cm³/mol. The van der Waals surface area contributed by atoms with E-state index in [1.54, 1.807) is 6.20 Å². The van der Waals surface area contributed by atoms with Crippen molar-refractivity contribution < 1.29 is 8.42 Å². The number of hydrogen-bond donors (Lipinski definition) is 0. The van der Waals surface area contributed by atoms with Gasteiger partial charge in [-0.2, -0.15) is 9.40 Å². The molecular weight excluding hydrogens is 302 g/mol. The van der Waals surface area contributed by atoms with E-state index in [9.17, 15) is 8.42 Å². The predicted octanol–water partition coefficient (Wildman–Crippen LogP) is 0.688. The molecular formula is C14H19N5O2S. The number of rotatable bonds is 3. The van der Waals surface area contributed by atoms with Gasteiger partial charge in [0, 0.05) is 44.5 Å². The summed E-state index contributed by atoms with van der Waals surface area (Å²) in [5.74, 6) is 1.50. The summed E-state index contributed by atoms with van der Waals surface area (Å²) in [6, 6.07) is 2.13. The lowest BCUT2D eigenvalue weighted by molar-refractivity contribution is 0.387. The van der Waals surface area contributed by atoms with E-state index < -0.39 is 10.0 Å². The number of piperazine rings is 1. The second-order valence-corrected chi connectivity index (χ2v) is 8.06. The fourth-order valence-corrected chi connectivity index (χ4v) is 3.81. The molecule has 7 nitrogen and oxygen atoms in total. The van der Waals surface area contributed by atoms with Crippen LogP contribution in [0.3, 0.4) is 0 Å². The molecule has 0 bridgehead atoms. The second kappa shape index (κ2) is 4.92. The Balaban J connectivity index is 1.61. The highest BCUT2D eigenvalue weighted by Crippen LogP contribution is 2.40. The zero-order valence-electron chi connectivity index (χ0n) is 12.5. The van der Waals surface area contributed by atoms with Crippen molar-refractivity contribution in [1.29, 1.82) is 0 Å². The lowest BCUT2D eigenvalue weighted by Crippen LogP contribution is -2.48. The first-order valence-corrected chi connectivity index (χ1v) is 9.41. The first-order chi connectivity index (χ1) is 10.5. The highest BCUT2D eigenvalue weighted by atomic mass is 32.2. The van der Waals surface area contributed by atoms with Crippen LogP contribution in [0.4, 0.5) is 5.82 Å². The minimum Gasteiger partial charge on any atom is -0.352 e. The van der Waals surface area contributed by atoms with Gasteiger partial charge in [-0.15, -0.1) is 0 Å². The highest BCUT2D eigenvalue weighted by molar-refractivity contribution is 7.88. The Labute approximate surface area is 129 Å². The fourth-order valence-electron chi connectivity index (χ4n) is 2.98. The Bertz CT molecular complexity index is 804. The maximum Gasteiger partial charge on any atom is 0.211 e. The SMILES string of the molecule is CS(=O)(=O)N1CCN(c2nccn3nc(C4CC4)cc23)CC1. The molecule has 2 aromatic heterocycles. The molecule has 2 aliphatic rings. The van der Waals surface area contributed by atoms with Crippen molar-refractivity contribution in [3.63, 3.8) is 0 Å². The minimum atomic E-state index is -3.10. The van der Waals surface area contributed by atoms with Gasteiger partial charge in [0.05, 0.1) is 11.9 Å². The number of nitrogens with zero attached hydrogens (tertiary/aromatic N) is 5. The molecule has 0 N–H and O–H groups in total. The van der Waals surface area contributed by atoms with Crippen LogP contribution in [0.25, 0.3) is 5.52 Å². The van der Waals surface area contributed by atoms with Gasteiger partial charge in [-0.1, -0.05) is 0 Å². The molecule has 1 saturated heterocycles. The van der Waals surface area contributed by atoms with Crippen molar-refractivity contribution >= 4 is 21.4 Å². The van der Waals surface area contributed by atoms with Gasteiger partial charge in [0.1, 0.15) is 5.52 Å². The van der Waals surface area contributed by atoms with Crippen LogP contribution in [0.2, 0.25) is 0 Å². The van der Waals surface area contributed by atoms with Crippen LogP contribution in [-0.2, 0) is 10.0 Å². The minimum absolute atomic E-state index is 0.505. The first-order valence-electron chi connectivity index (χ1n) is 7.57. The molecule has 0 amide bonds. The van der Waals surface area contributed by atoms with Crippen LogP contribution in [-0.4, -0.2) is 59.8 Å². The van der Waals surface area contributed by atoms with Gasteiger partial charge in [-0.25, -0.2) is 17.9 Å². The molecule has 22 heavy (non-hydrogen) atoms. The molecule has 2 aromatic rings. The second-order valence-electron chi connectivity index (χ2n) is 6.07. The average molecular weight is 321 g/mol. The molecule has 0 atom stereocenters. The summed E-state index contributed by atoms with van der Waals surface area (Å²) in [5.41, 5.74) is 2.15. The summed E-state index contributed by atoms with van der Waals surface area (Å²) in [6.07, 6.45) is 7.34. The molecule has 4 rings (SSSR count). The number of hydrogen-bond acceptors (Lipinski definition) is 5. The van der Waals surface area contributed by atoms with Gasteiger partial charge in [-0.3, -0.25) is 0 Å². The lowest BCUT2D eigenvalue weighted by atomic mass is 10.2. The third-order valence-corrected chi connectivity index (χ3v) is 5.69. The summed E-state index contributed by atoms with van der Waals surface area (Å²) in [4.78, 5) is 6.66. The summed E-state index contributed by atoms with van der Waals surface area (Å²) in [7, 11) is -3.10. The van der Waals surface area contributed by atoms with E-state index in [2.05, 4.69) is 21.0 Å². The van der Waals surface area contributed by atoms with E-state index >= 15 is 0 Å². The topological polar surface area (TPSA) is 70.8 Å². The van der Waals surface area contributed by atoms with Gasteiger partial charge in [0.2, 0.25) is 10.0 Å².